The summed E-state index contributed by atoms with van der Waals surface area (Å²) in [6.45, 7) is 0.855. The third kappa shape index (κ3) is 5.04. The highest BCUT2D eigenvalue weighted by Crippen LogP contribution is 2.33. The van der Waals surface area contributed by atoms with Crippen LogP contribution in [0.3, 0.4) is 0 Å². The van der Waals surface area contributed by atoms with Crippen LogP contribution in [0.25, 0.3) is 0 Å². The predicted octanol–water partition coefficient (Wildman–Crippen LogP) is 3.38. The fourth-order valence-electron chi connectivity index (χ4n) is 4.75. The first kappa shape index (κ1) is 25.9. The van der Waals surface area contributed by atoms with E-state index in [9.17, 15) is 26.7 Å². The molecule has 2 aliphatic heterocycles. The molecule has 1 saturated heterocycles. The average molecular weight is 562 g/mol. The number of carbonyl (C=O) groups excluding carboxylic acids is 1. The lowest BCUT2D eigenvalue weighted by Crippen LogP contribution is -2.50. The van der Waals surface area contributed by atoms with Crippen LogP contribution in [0.5, 0.6) is 5.75 Å². The molecule has 1 unspecified atom stereocenters. The third-order valence-electron chi connectivity index (χ3n) is 6.74. The highest BCUT2D eigenvalue weighted by Gasteiger charge is 2.40. The van der Waals surface area contributed by atoms with Gasteiger partial charge in [-0.15, -0.1) is 11.3 Å². The number of hydrogen-bond acceptors (Lipinski definition) is 7. The Balaban J connectivity index is 1.46. The molecule has 0 saturated carbocycles. The van der Waals surface area contributed by atoms with E-state index in [1.54, 1.807) is 11.4 Å². The number of anilines is 1. The molecule has 0 aliphatic carbocycles. The van der Waals surface area contributed by atoms with E-state index >= 15 is 0 Å². The summed E-state index contributed by atoms with van der Waals surface area (Å²) in [5, 5.41) is 14.7. The van der Waals surface area contributed by atoms with Crippen LogP contribution in [0.2, 0.25) is 0 Å². The number of nitrogens with zero attached hydrogens (tertiary/aromatic N) is 2. The molecule has 37 heavy (non-hydrogen) atoms. The highest BCUT2D eigenvalue weighted by molar-refractivity contribution is 7.91. The van der Waals surface area contributed by atoms with Gasteiger partial charge in [-0.2, -0.15) is 8.61 Å². The number of rotatable bonds is 6. The van der Waals surface area contributed by atoms with Crippen LogP contribution in [0.15, 0.2) is 69.1 Å². The SMILES string of the molecule is O=C(Nc1cc(S(=O)(=O)N2CCCCC2)ccc1O)C1Cc2ccccc2CN1S(=O)(=O)c1cccs1. The van der Waals surface area contributed by atoms with Crippen LogP contribution >= 0.6 is 11.3 Å². The minimum Gasteiger partial charge on any atom is -0.506 e. The van der Waals surface area contributed by atoms with Gasteiger partial charge in [0.15, 0.2) is 0 Å². The van der Waals surface area contributed by atoms with Crippen molar-refractivity contribution in [2.45, 2.75) is 47.4 Å². The number of fused-ring (bicyclic) bond motifs is 1. The lowest BCUT2D eigenvalue weighted by molar-refractivity contribution is -0.120. The molecule has 5 rings (SSSR count). The van der Waals surface area contributed by atoms with Crippen molar-refractivity contribution in [2.24, 2.45) is 0 Å². The first-order valence-electron chi connectivity index (χ1n) is 11.9. The number of nitrogens with one attached hydrogen (secondary N) is 1. The van der Waals surface area contributed by atoms with Crippen molar-refractivity contribution in [3.05, 3.63) is 71.1 Å². The summed E-state index contributed by atoms with van der Waals surface area (Å²) in [5.74, 6) is -0.965. The van der Waals surface area contributed by atoms with Gasteiger partial charge in [-0.3, -0.25) is 4.79 Å². The van der Waals surface area contributed by atoms with Gasteiger partial charge in [0.25, 0.3) is 10.0 Å². The van der Waals surface area contributed by atoms with Gasteiger partial charge in [-0.25, -0.2) is 16.8 Å². The molecule has 2 aromatic carbocycles. The molecule has 12 heteroatoms. The molecule has 9 nitrogen and oxygen atoms in total. The zero-order chi connectivity index (χ0) is 26.2. The van der Waals surface area contributed by atoms with Gasteiger partial charge in [-0.1, -0.05) is 36.8 Å². The van der Waals surface area contributed by atoms with Gasteiger partial charge in [-0.05, 0) is 60.0 Å². The second-order valence-corrected chi connectivity index (χ2v) is 14.1. The van der Waals surface area contributed by atoms with E-state index in [0.29, 0.717) is 13.1 Å². The topological polar surface area (TPSA) is 124 Å². The molecule has 1 atom stereocenters. The molecular weight excluding hydrogens is 534 g/mol. The Morgan fingerprint density at radius 2 is 1.65 bits per heavy atom. The van der Waals surface area contributed by atoms with Gasteiger partial charge >= 0.3 is 0 Å². The first-order chi connectivity index (χ1) is 17.7. The summed E-state index contributed by atoms with van der Waals surface area (Å²) >= 11 is 1.07. The van der Waals surface area contributed by atoms with E-state index in [4.69, 9.17) is 0 Å². The Kier molecular flexibility index (Phi) is 7.12. The highest BCUT2D eigenvalue weighted by atomic mass is 32.2. The number of piperidine rings is 1. The molecule has 2 aliphatic rings. The van der Waals surface area contributed by atoms with Gasteiger partial charge < -0.3 is 10.4 Å². The molecule has 0 spiro atoms. The fourth-order valence-corrected chi connectivity index (χ4v) is 8.98. The quantitative estimate of drug-likeness (QED) is 0.445. The summed E-state index contributed by atoms with van der Waals surface area (Å²) in [6, 6.07) is 13.1. The molecule has 3 aromatic rings. The number of carbonyl (C=O) groups is 1. The normalized spacial score (nSPS) is 19.3. The number of benzene rings is 2. The number of phenolic OH excluding ortho intramolecular Hbond substituents is 1. The van der Waals surface area contributed by atoms with Crippen molar-refractivity contribution in [3.63, 3.8) is 0 Å². The van der Waals surface area contributed by atoms with Crippen molar-refractivity contribution in [1.82, 2.24) is 8.61 Å². The van der Waals surface area contributed by atoms with E-state index in [0.717, 1.165) is 41.7 Å². The Morgan fingerprint density at radius 1 is 0.919 bits per heavy atom. The van der Waals surface area contributed by atoms with Crippen LogP contribution in [0.1, 0.15) is 30.4 Å². The molecule has 2 N–H and O–H groups in total. The second kappa shape index (κ2) is 10.2. The minimum absolute atomic E-state index is 0.0177. The van der Waals surface area contributed by atoms with Crippen LogP contribution in [0.4, 0.5) is 5.69 Å². The van der Waals surface area contributed by atoms with Crippen molar-refractivity contribution in [2.75, 3.05) is 18.4 Å². The zero-order valence-electron chi connectivity index (χ0n) is 19.9. The summed E-state index contributed by atoms with van der Waals surface area (Å²) in [7, 11) is -7.78. The molecule has 1 aromatic heterocycles. The molecule has 1 amide bonds. The number of amides is 1. The number of phenols is 1. The number of hydrogen-bond donors (Lipinski definition) is 2. The number of sulfonamides is 2. The molecular formula is C25H27N3O6S3. The van der Waals surface area contributed by atoms with Gasteiger partial charge in [0.1, 0.15) is 16.0 Å². The Morgan fingerprint density at radius 3 is 2.35 bits per heavy atom. The predicted molar refractivity (Wildman–Crippen MR) is 140 cm³/mol. The lowest BCUT2D eigenvalue weighted by Gasteiger charge is -2.34. The van der Waals surface area contributed by atoms with Crippen molar-refractivity contribution >= 4 is 43.0 Å². The largest absolute Gasteiger partial charge is 0.506 e. The van der Waals surface area contributed by atoms with Crippen LogP contribution in [0, 0.1) is 0 Å². The average Bonchev–Trinajstić information content (AvgIpc) is 3.46. The number of aromatic hydroxyl groups is 1. The maximum atomic E-state index is 13.5. The van der Waals surface area contributed by atoms with Crippen LogP contribution in [-0.4, -0.2) is 55.6 Å². The van der Waals surface area contributed by atoms with Crippen molar-refractivity contribution in [1.29, 1.82) is 0 Å². The summed E-state index contributed by atoms with van der Waals surface area (Å²) in [4.78, 5) is 13.5. The maximum absolute atomic E-state index is 13.5. The van der Waals surface area contributed by atoms with Crippen molar-refractivity contribution in [3.8, 4) is 5.75 Å². The van der Waals surface area contributed by atoms with Crippen LogP contribution in [-0.2, 0) is 37.8 Å². The molecule has 0 radical (unpaired) electrons. The third-order valence-corrected chi connectivity index (χ3v) is 11.9. The Bertz CT molecular complexity index is 1510. The summed E-state index contributed by atoms with van der Waals surface area (Å²) in [5.41, 5.74) is 1.57. The summed E-state index contributed by atoms with van der Waals surface area (Å²) in [6.07, 6.45) is 2.66. The van der Waals surface area contributed by atoms with E-state index in [2.05, 4.69) is 5.32 Å². The number of thiophene rings is 1. The molecule has 3 heterocycles. The van der Waals surface area contributed by atoms with Crippen molar-refractivity contribution < 1.29 is 26.7 Å². The smallest absolute Gasteiger partial charge is 0.253 e. The lowest BCUT2D eigenvalue weighted by atomic mass is 9.95. The van der Waals surface area contributed by atoms with E-state index in [1.165, 1.54) is 32.9 Å². The first-order valence-corrected chi connectivity index (χ1v) is 15.7. The standard InChI is InChI=1S/C25H27N3O6S3/c29-23-11-10-20(36(31,32)27-12-4-1-5-13-27)16-21(23)26-25(30)22-15-18-7-2-3-8-19(18)17-28(22)37(33,34)24-9-6-14-35-24/h2-3,6-11,14,16,22,29H,1,4-5,12-13,15,17H2,(H,26,30). The monoisotopic (exact) mass is 561 g/mol. The Labute approximate surface area is 220 Å². The summed E-state index contributed by atoms with van der Waals surface area (Å²) < 4.78 is 55.9. The maximum Gasteiger partial charge on any atom is 0.253 e. The minimum atomic E-state index is -3.98. The molecule has 196 valence electrons. The Hall–Kier alpha value is -2.77. The van der Waals surface area contributed by atoms with E-state index < -0.39 is 32.0 Å². The second-order valence-electron chi connectivity index (χ2n) is 9.10. The molecule has 0 bridgehead atoms. The molecule has 1 fully saturated rings. The van der Waals surface area contributed by atoms with Gasteiger partial charge in [0, 0.05) is 19.6 Å². The van der Waals surface area contributed by atoms with Gasteiger partial charge in [0.2, 0.25) is 15.9 Å². The van der Waals surface area contributed by atoms with E-state index in [1.807, 2.05) is 24.3 Å². The van der Waals surface area contributed by atoms with Gasteiger partial charge in [0.05, 0.1) is 10.6 Å². The van der Waals surface area contributed by atoms with Crippen LogP contribution < -0.4 is 5.32 Å². The fraction of sp³-hybridized carbons (Fsp3) is 0.320. The zero-order valence-corrected chi connectivity index (χ0v) is 22.4. The van der Waals surface area contributed by atoms with E-state index in [-0.39, 0.29) is 33.5 Å².